The average Bonchev–Trinajstić information content (AvgIpc) is 2.72. The molecule has 172 valence electrons. The number of hydrogen-bond acceptors (Lipinski definition) is 4. The molecule has 2 unspecified atom stereocenters. The molecule has 3 fully saturated rings. The van der Waals surface area contributed by atoms with Crippen LogP contribution in [0.4, 0.5) is 18.9 Å². The summed E-state index contributed by atoms with van der Waals surface area (Å²) in [7, 11) is -3.91. The van der Waals surface area contributed by atoms with Crippen LogP contribution in [0.25, 0.3) is 0 Å². The third-order valence-corrected chi connectivity index (χ3v) is 9.64. The van der Waals surface area contributed by atoms with Crippen LogP contribution in [0.2, 0.25) is 5.02 Å². The number of hydrogen-bond donors (Lipinski definition) is 2. The van der Waals surface area contributed by atoms with Crippen molar-refractivity contribution in [2.45, 2.75) is 42.4 Å². The van der Waals surface area contributed by atoms with E-state index in [1.807, 2.05) is 6.92 Å². The maximum absolute atomic E-state index is 13.4. The molecule has 0 aliphatic heterocycles. The highest BCUT2D eigenvalue weighted by atomic mass is 35.5. The van der Waals surface area contributed by atoms with Crippen LogP contribution in [-0.4, -0.2) is 30.3 Å². The fourth-order valence-electron chi connectivity index (χ4n) is 5.20. The lowest BCUT2D eigenvalue weighted by Gasteiger charge is -2.61. The normalized spacial score (nSPS) is 29.3. The highest BCUT2D eigenvalue weighted by Gasteiger charge is 2.61. The number of anilines is 1. The van der Waals surface area contributed by atoms with E-state index in [-0.39, 0.29) is 51.8 Å². The van der Waals surface area contributed by atoms with E-state index in [1.54, 1.807) is 6.92 Å². The SMILES string of the molecule is CC1C2CC(S(=O)(=O)c3cc(C(=O)Nc4cc(F)c(F)c(F)c4)ccc3Cl)CC1C2(C)O. The topological polar surface area (TPSA) is 83.5 Å². The highest BCUT2D eigenvalue weighted by Crippen LogP contribution is 2.59. The van der Waals surface area contributed by atoms with Gasteiger partial charge in [0.1, 0.15) is 0 Å². The third-order valence-electron chi connectivity index (χ3n) is 6.98. The van der Waals surface area contributed by atoms with Gasteiger partial charge in [-0.15, -0.1) is 0 Å². The van der Waals surface area contributed by atoms with Crippen molar-refractivity contribution in [3.05, 3.63) is 58.4 Å². The number of benzene rings is 2. The summed E-state index contributed by atoms with van der Waals surface area (Å²) in [5, 5.41) is 12.0. The summed E-state index contributed by atoms with van der Waals surface area (Å²) in [5.41, 5.74) is -1.31. The summed E-state index contributed by atoms with van der Waals surface area (Å²) in [6, 6.07) is 4.89. The van der Waals surface area contributed by atoms with Crippen molar-refractivity contribution in [1.29, 1.82) is 0 Å². The van der Waals surface area contributed by atoms with Crippen molar-refractivity contribution in [2.24, 2.45) is 17.8 Å². The fourth-order valence-corrected chi connectivity index (χ4v) is 7.55. The summed E-state index contributed by atoms with van der Waals surface area (Å²) in [6.45, 7) is 3.72. The number of carbonyl (C=O) groups excluding carboxylic acids is 1. The van der Waals surface area contributed by atoms with Crippen molar-refractivity contribution in [1.82, 2.24) is 0 Å². The highest BCUT2D eigenvalue weighted by molar-refractivity contribution is 7.92. The molecule has 2 N–H and O–H groups in total. The van der Waals surface area contributed by atoms with Crippen LogP contribution < -0.4 is 5.32 Å². The Balaban J connectivity index is 1.60. The van der Waals surface area contributed by atoms with Gasteiger partial charge in [0.25, 0.3) is 5.91 Å². The van der Waals surface area contributed by atoms with E-state index in [0.29, 0.717) is 12.1 Å². The molecule has 3 aliphatic carbocycles. The first-order valence-electron chi connectivity index (χ1n) is 10.1. The van der Waals surface area contributed by atoms with Gasteiger partial charge in [-0.3, -0.25) is 4.79 Å². The summed E-state index contributed by atoms with van der Waals surface area (Å²) in [4.78, 5) is 12.3. The van der Waals surface area contributed by atoms with Crippen LogP contribution >= 0.6 is 11.6 Å². The number of sulfone groups is 1. The molecular weight excluding hydrogens is 467 g/mol. The number of halogens is 4. The van der Waals surface area contributed by atoms with Crippen LogP contribution in [0, 0.1) is 35.2 Å². The van der Waals surface area contributed by atoms with E-state index in [1.165, 1.54) is 12.1 Å². The van der Waals surface area contributed by atoms with Gasteiger partial charge in [0.05, 0.1) is 20.8 Å². The Labute approximate surface area is 188 Å². The molecule has 32 heavy (non-hydrogen) atoms. The van der Waals surface area contributed by atoms with Gasteiger partial charge in [0.2, 0.25) is 0 Å². The molecule has 0 radical (unpaired) electrons. The molecule has 0 heterocycles. The second kappa shape index (κ2) is 7.74. The Kier molecular flexibility index (Phi) is 5.58. The maximum atomic E-state index is 13.4. The average molecular weight is 488 g/mol. The van der Waals surface area contributed by atoms with E-state index in [9.17, 15) is 31.5 Å². The molecule has 0 aromatic heterocycles. The molecule has 2 atom stereocenters. The second-order valence-corrected chi connectivity index (χ2v) is 11.4. The molecule has 2 bridgehead atoms. The quantitative estimate of drug-likeness (QED) is 0.618. The minimum absolute atomic E-state index is 0.0560. The molecule has 2 aromatic rings. The maximum Gasteiger partial charge on any atom is 0.255 e. The summed E-state index contributed by atoms with van der Waals surface area (Å²) in [5.74, 6) is -5.51. The van der Waals surface area contributed by atoms with Gasteiger partial charge in [-0.25, -0.2) is 21.6 Å². The van der Waals surface area contributed by atoms with Crippen LogP contribution in [0.3, 0.4) is 0 Å². The largest absolute Gasteiger partial charge is 0.390 e. The van der Waals surface area contributed by atoms with Crippen LogP contribution in [0.15, 0.2) is 35.2 Å². The van der Waals surface area contributed by atoms with Crippen LogP contribution in [0.1, 0.15) is 37.0 Å². The number of fused-ring (bicyclic) bond motifs is 2. The standard InChI is InChI=1S/C22H21ClF3NO4S/c1-10-14-8-13(9-15(10)22(14,2)29)32(30,31)19-5-11(3-4-16(19)23)21(28)27-12-6-17(24)20(26)18(25)7-12/h3-7,10,13-15,29H,8-9H2,1-2H3,(H,27,28). The van der Waals surface area contributed by atoms with Gasteiger partial charge in [-0.1, -0.05) is 18.5 Å². The number of aliphatic hydroxyl groups is 1. The van der Waals surface area contributed by atoms with Crippen molar-refractivity contribution in [3.63, 3.8) is 0 Å². The Morgan fingerprint density at radius 2 is 1.69 bits per heavy atom. The molecule has 0 spiro atoms. The van der Waals surface area contributed by atoms with E-state index in [0.717, 1.165) is 6.07 Å². The Bertz CT molecular complexity index is 1180. The molecule has 3 aliphatic rings. The van der Waals surface area contributed by atoms with Gasteiger partial charge < -0.3 is 10.4 Å². The first-order valence-corrected chi connectivity index (χ1v) is 12.0. The van der Waals surface area contributed by atoms with Crippen molar-refractivity contribution in [3.8, 4) is 0 Å². The lowest BCUT2D eigenvalue weighted by Crippen LogP contribution is -2.65. The van der Waals surface area contributed by atoms with E-state index >= 15 is 0 Å². The zero-order chi connectivity index (χ0) is 23.6. The molecule has 10 heteroatoms. The third kappa shape index (κ3) is 3.60. The van der Waals surface area contributed by atoms with Gasteiger partial charge >= 0.3 is 0 Å². The number of carbonyl (C=O) groups is 1. The predicted molar refractivity (Wildman–Crippen MR) is 113 cm³/mol. The summed E-state index contributed by atoms with van der Waals surface area (Å²) >= 11 is 6.16. The Morgan fingerprint density at radius 3 is 2.22 bits per heavy atom. The monoisotopic (exact) mass is 487 g/mol. The summed E-state index contributed by atoms with van der Waals surface area (Å²) in [6.07, 6.45) is 0.571. The zero-order valence-corrected chi connectivity index (χ0v) is 18.8. The number of amides is 1. The molecule has 1 amide bonds. The molecule has 2 aromatic carbocycles. The van der Waals surface area contributed by atoms with Crippen molar-refractivity contribution >= 4 is 33.0 Å². The van der Waals surface area contributed by atoms with Crippen molar-refractivity contribution < 1.29 is 31.5 Å². The number of nitrogens with one attached hydrogen (secondary N) is 1. The Morgan fingerprint density at radius 1 is 1.12 bits per heavy atom. The smallest absolute Gasteiger partial charge is 0.255 e. The van der Waals surface area contributed by atoms with Gasteiger partial charge in [-0.2, -0.15) is 0 Å². The van der Waals surface area contributed by atoms with Gasteiger partial charge in [-0.05, 0) is 55.7 Å². The van der Waals surface area contributed by atoms with Gasteiger partial charge in [0.15, 0.2) is 27.3 Å². The second-order valence-electron chi connectivity index (χ2n) is 8.79. The molecule has 5 nitrogen and oxygen atoms in total. The van der Waals surface area contributed by atoms with E-state index in [2.05, 4.69) is 5.32 Å². The lowest BCUT2D eigenvalue weighted by molar-refractivity contribution is -0.204. The van der Waals surface area contributed by atoms with Gasteiger partial charge in [0, 0.05) is 23.4 Å². The molecule has 0 saturated heterocycles. The van der Waals surface area contributed by atoms with E-state index < -0.39 is 44.0 Å². The minimum Gasteiger partial charge on any atom is -0.390 e. The number of rotatable bonds is 4. The van der Waals surface area contributed by atoms with Crippen LogP contribution in [0.5, 0.6) is 0 Å². The van der Waals surface area contributed by atoms with Crippen molar-refractivity contribution in [2.75, 3.05) is 5.32 Å². The minimum atomic E-state index is -3.91. The lowest BCUT2D eigenvalue weighted by atomic mass is 9.48. The predicted octanol–water partition coefficient (Wildman–Crippen LogP) is 4.58. The Hall–Kier alpha value is -2.10. The molecule has 5 rings (SSSR count). The fraction of sp³-hybridized carbons (Fsp3) is 0.409. The summed E-state index contributed by atoms with van der Waals surface area (Å²) < 4.78 is 66.6. The zero-order valence-electron chi connectivity index (χ0n) is 17.2. The first kappa shape index (κ1) is 23.1. The molecule has 3 saturated carbocycles. The van der Waals surface area contributed by atoms with E-state index in [4.69, 9.17) is 11.6 Å². The van der Waals surface area contributed by atoms with Crippen LogP contribution in [-0.2, 0) is 9.84 Å². The molecular formula is C22H21ClF3NO4S. The first-order chi connectivity index (χ1) is 14.8.